The molecule has 0 radical (unpaired) electrons. The normalized spacial score (nSPS) is 26.1. The third-order valence-corrected chi connectivity index (χ3v) is 3.21. The summed E-state index contributed by atoms with van der Waals surface area (Å²) in [5, 5.41) is 0. The molecule has 0 bridgehead atoms. The molecule has 0 heterocycles. The zero-order valence-electron chi connectivity index (χ0n) is 9.82. The van der Waals surface area contributed by atoms with Gasteiger partial charge in [0.2, 0.25) is 0 Å². The molecule has 1 saturated carbocycles. The van der Waals surface area contributed by atoms with Crippen LogP contribution in [0.3, 0.4) is 0 Å². The first-order valence-corrected chi connectivity index (χ1v) is 5.85. The fourth-order valence-electron chi connectivity index (χ4n) is 2.28. The first-order chi connectivity index (χ1) is 7.27. The molecule has 88 valence electrons. The number of ether oxygens (including phenoxy) is 1. The molecule has 0 saturated heterocycles. The maximum atomic E-state index is 6.07. The van der Waals surface area contributed by atoms with Crippen LogP contribution in [-0.2, 0) is 4.74 Å². The lowest BCUT2D eigenvalue weighted by molar-refractivity contribution is 0.142. The highest BCUT2D eigenvalue weighted by atomic mass is 16.5. The smallest absolute Gasteiger partial charge is 0.0589 e. The highest BCUT2D eigenvalue weighted by Crippen LogP contribution is 2.24. The standard InChI is InChI=1S/C12H24N2O/c1-3-7-14(8-9-15-2)10-11-5-4-6-12(11)13/h3,11-12H,1,4-10,13H2,2H3. The zero-order valence-corrected chi connectivity index (χ0v) is 9.82. The first kappa shape index (κ1) is 12.7. The van der Waals surface area contributed by atoms with Crippen molar-refractivity contribution in [1.29, 1.82) is 0 Å². The molecule has 0 aromatic heterocycles. The first-order valence-electron chi connectivity index (χ1n) is 5.85. The Morgan fingerprint density at radius 3 is 2.87 bits per heavy atom. The van der Waals surface area contributed by atoms with Gasteiger partial charge >= 0.3 is 0 Å². The van der Waals surface area contributed by atoms with Crippen molar-refractivity contribution in [2.24, 2.45) is 11.7 Å². The number of hydrogen-bond acceptors (Lipinski definition) is 3. The van der Waals surface area contributed by atoms with Crippen molar-refractivity contribution in [3.8, 4) is 0 Å². The summed E-state index contributed by atoms with van der Waals surface area (Å²) in [6.45, 7) is 7.58. The molecule has 0 spiro atoms. The van der Waals surface area contributed by atoms with Gasteiger partial charge in [0, 0.05) is 32.8 Å². The van der Waals surface area contributed by atoms with Crippen LogP contribution in [0.4, 0.5) is 0 Å². The van der Waals surface area contributed by atoms with Crippen molar-refractivity contribution in [3.05, 3.63) is 12.7 Å². The summed E-state index contributed by atoms with van der Waals surface area (Å²) >= 11 is 0. The summed E-state index contributed by atoms with van der Waals surface area (Å²) < 4.78 is 5.10. The fourth-order valence-corrected chi connectivity index (χ4v) is 2.28. The number of rotatable bonds is 7. The summed E-state index contributed by atoms with van der Waals surface area (Å²) in [7, 11) is 1.74. The molecule has 1 aliphatic carbocycles. The Morgan fingerprint density at radius 1 is 1.53 bits per heavy atom. The summed E-state index contributed by atoms with van der Waals surface area (Å²) in [6, 6.07) is 0.403. The molecule has 3 nitrogen and oxygen atoms in total. The van der Waals surface area contributed by atoms with Gasteiger partial charge in [-0.1, -0.05) is 12.5 Å². The molecule has 1 aliphatic rings. The molecule has 15 heavy (non-hydrogen) atoms. The molecular formula is C12H24N2O. The monoisotopic (exact) mass is 212 g/mol. The van der Waals surface area contributed by atoms with E-state index in [9.17, 15) is 0 Å². The Labute approximate surface area is 93.3 Å². The van der Waals surface area contributed by atoms with E-state index in [0.29, 0.717) is 12.0 Å². The second kappa shape index (κ2) is 6.99. The van der Waals surface area contributed by atoms with E-state index in [4.69, 9.17) is 10.5 Å². The minimum absolute atomic E-state index is 0.403. The topological polar surface area (TPSA) is 38.5 Å². The zero-order chi connectivity index (χ0) is 11.1. The molecule has 2 atom stereocenters. The van der Waals surface area contributed by atoms with Crippen molar-refractivity contribution < 1.29 is 4.74 Å². The lowest BCUT2D eigenvalue weighted by atomic mass is 10.0. The van der Waals surface area contributed by atoms with Crippen LogP contribution >= 0.6 is 0 Å². The molecule has 0 aliphatic heterocycles. The van der Waals surface area contributed by atoms with Crippen molar-refractivity contribution in [2.45, 2.75) is 25.3 Å². The van der Waals surface area contributed by atoms with E-state index in [2.05, 4.69) is 11.5 Å². The SMILES string of the molecule is C=CCN(CCOC)CC1CCCC1N. The summed E-state index contributed by atoms with van der Waals surface area (Å²) in [5.41, 5.74) is 6.07. The second-order valence-corrected chi connectivity index (χ2v) is 4.40. The average molecular weight is 212 g/mol. The van der Waals surface area contributed by atoms with Crippen LogP contribution in [0.2, 0.25) is 0 Å². The molecular weight excluding hydrogens is 188 g/mol. The van der Waals surface area contributed by atoms with Gasteiger partial charge in [-0.2, -0.15) is 0 Å². The number of methoxy groups -OCH3 is 1. The van der Waals surface area contributed by atoms with E-state index in [1.165, 1.54) is 19.3 Å². The largest absolute Gasteiger partial charge is 0.383 e. The van der Waals surface area contributed by atoms with Crippen LogP contribution in [0.25, 0.3) is 0 Å². The van der Waals surface area contributed by atoms with Crippen LogP contribution in [0.1, 0.15) is 19.3 Å². The third kappa shape index (κ3) is 4.33. The van der Waals surface area contributed by atoms with Crippen molar-refractivity contribution in [3.63, 3.8) is 0 Å². The van der Waals surface area contributed by atoms with Gasteiger partial charge in [-0.05, 0) is 18.8 Å². The van der Waals surface area contributed by atoms with Gasteiger partial charge in [-0.25, -0.2) is 0 Å². The Morgan fingerprint density at radius 2 is 2.33 bits per heavy atom. The van der Waals surface area contributed by atoms with Crippen LogP contribution in [-0.4, -0.2) is 44.3 Å². The van der Waals surface area contributed by atoms with E-state index < -0.39 is 0 Å². The summed E-state index contributed by atoms with van der Waals surface area (Å²) in [5.74, 6) is 0.668. The predicted octanol–water partition coefficient (Wildman–Crippen LogP) is 1.25. The predicted molar refractivity (Wildman–Crippen MR) is 63.8 cm³/mol. The molecule has 0 amide bonds. The summed E-state index contributed by atoms with van der Waals surface area (Å²) in [4.78, 5) is 2.38. The van der Waals surface area contributed by atoms with E-state index in [-0.39, 0.29) is 0 Å². The number of nitrogens with zero attached hydrogens (tertiary/aromatic N) is 1. The Balaban J connectivity index is 2.31. The Kier molecular flexibility index (Phi) is 5.91. The van der Waals surface area contributed by atoms with Gasteiger partial charge in [0.25, 0.3) is 0 Å². The number of nitrogens with two attached hydrogens (primary N) is 1. The van der Waals surface area contributed by atoms with E-state index >= 15 is 0 Å². The van der Waals surface area contributed by atoms with Crippen molar-refractivity contribution >= 4 is 0 Å². The van der Waals surface area contributed by atoms with Gasteiger partial charge < -0.3 is 10.5 Å². The average Bonchev–Trinajstić information content (AvgIpc) is 2.61. The van der Waals surface area contributed by atoms with E-state index in [1.54, 1.807) is 7.11 Å². The maximum Gasteiger partial charge on any atom is 0.0589 e. The van der Waals surface area contributed by atoms with E-state index in [0.717, 1.165) is 26.2 Å². The van der Waals surface area contributed by atoms with Crippen LogP contribution in [0.5, 0.6) is 0 Å². The minimum atomic E-state index is 0.403. The van der Waals surface area contributed by atoms with Gasteiger partial charge in [-0.15, -0.1) is 6.58 Å². The van der Waals surface area contributed by atoms with Gasteiger partial charge in [0.15, 0.2) is 0 Å². The van der Waals surface area contributed by atoms with Crippen molar-refractivity contribution in [2.75, 3.05) is 33.4 Å². The highest BCUT2D eigenvalue weighted by Gasteiger charge is 2.25. The molecule has 1 rings (SSSR count). The Bertz CT molecular complexity index is 184. The van der Waals surface area contributed by atoms with E-state index in [1.807, 2.05) is 6.08 Å². The molecule has 2 unspecified atom stereocenters. The molecule has 1 fully saturated rings. The fraction of sp³-hybridized carbons (Fsp3) is 0.833. The lowest BCUT2D eigenvalue weighted by Crippen LogP contribution is -2.37. The second-order valence-electron chi connectivity index (χ2n) is 4.40. The maximum absolute atomic E-state index is 6.07. The number of hydrogen-bond donors (Lipinski definition) is 1. The minimum Gasteiger partial charge on any atom is -0.383 e. The van der Waals surface area contributed by atoms with Crippen molar-refractivity contribution in [1.82, 2.24) is 4.90 Å². The quantitative estimate of drug-likeness (QED) is 0.645. The van der Waals surface area contributed by atoms with Gasteiger partial charge in [0.1, 0.15) is 0 Å². The van der Waals surface area contributed by atoms with Crippen LogP contribution in [0, 0.1) is 5.92 Å². The third-order valence-electron chi connectivity index (χ3n) is 3.21. The van der Waals surface area contributed by atoms with Crippen LogP contribution in [0.15, 0.2) is 12.7 Å². The molecule has 0 aromatic rings. The Hall–Kier alpha value is -0.380. The van der Waals surface area contributed by atoms with Crippen LogP contribution < -0.4 is 5.73 Å². The molecule has 3 heteroatoms. The van der Waals surface area contributed by atoms with Gasteiger partial charge in [-0.3, -0.25) is 4.90 Å². The van der Waals surface area contributed by atoms with Gasteiger partial charge in [0.05, 0.1) is 6.61 Å². The summed E-state index contributed by atoms with van der Waals surface area (Å²) in [6.07, 6.45) is 5.72. The highest BCUT2D eigenvalue weighted by molar-refractivity contribution is 4.84. The molecule has 2 N–H and O–H groups in total. The lowest BCUT2D eigenvalue weighted by Gasteiger charge is -2.26. The molecule has 0 aromatic carbocycles.